The summed E-state index contributed by atoms with van der Waals surface area (Å²) in [5.74, 6) is 1.36. The molecule has 0 radical (unpaired) electrons. The maximum atomic E-state index is 11.4. The molecule has 1 unspecified atom stereocenters. The zero-order valence-corrected chi connectivity index (χ0v) is 11.8. The molecule has 2 heterocycles. The fraction of sp³-hybridized carbons (Fsp3) is 0.900. The van der Waals surface area contributed by atoms with Crippen molar-refractivity contribution in [1.29, 1.82) is 0 Å². The molecule has 108 valence electrons. The molecule has 8 nitrogen and oxygen atoms in total. The molecule has 1 fully saturated rings. The monoisotopic (exact) mass is 289 g/mol. The minimum Gasteiger partial charge on any atom is -0.383 e. The van der Waals surface area contributed by atoms with E-state index in [1.54, 1.807) is 11.8 Å². The highest BCUT2D eigenvalue weighted by atomic mass is 32.2. The van der Waals surface area contributed by atoms with Crippen LogP contribution in [0.2, 0.25) is 0 Å². The van der Waals surface area contributed by atoms with Gasteiger partial charge in [-0.15, -0.1) is 5.10 Å². The van der Waals surface area contributed by atoms with E-state index < -0.39 is 9.84 Å². The second-order valence-electron chi connectivity index (χ2n) is 4.72. The van der Waals surface area contributed by atoms with Crippen LogP contribution in [0.5, 0.6) is 0 Å². The summed E-state index contributed by atoms with van der Waals surface area (Å²) in [5, 5.41) is 14.7. The van der Waals surface area contributed by atoms with Gasteiger partial charge in [0.05, 0.1) is 24.7 Å². The second kappa shape index (κ2) is 6.40. The standard InChI is InChI=1S/C10H19N5O3S/c1-18-4-3-11-6-10-12-13-14-15(10)7-9-2-5-19(16,17)8-9/h9,11H,2-8H2,1H3. The van der Waals surface area contributed by atoms with E-state index in [-0.39, 0.29) is 17.4 Å². The highest BCUT2D eigenvalue weighted by Gasteiger charge is 2.28. The Morgan fingerprint density at radius 1 is 1.53 bits per heavy atom. The first-order valence-corrected chi connectivity index (χ1v) is 8.08. The van der Waals surface area contributed by atoms with E-state index in [9.17, 15) is 8.42 Å². The van der Waals surface area contributed by atoms with E-state index in [1.165, 1.54) is 0 Å². The van der Waals surface area contributed by atoms with E-state index in [4.69, 9.17) is 4.74 Å². The summed E-state index contributed by atoms with van der Waals surface area (Å²) in [7, 11) is -1.20. The first-order chi connectivity index (χ1) is 9.11. The molecule has 0 amide bonds. The molecule has 9 heteroatoms. The van der Waals surface area contributed by atoms with Crippen molar-refractivity contribution in [2.45, 2.75) is 19.5 Å². The van der Waals surface area contributed by atoms with Gasteiger partial charge in [-0.25, -0.2) is 13.1 Å². The zero-order valence-electron chi connectivity index (χ0n) is 10.9. The fourth-order valence-corrected chi connectivity index (χ4v) is 3.98. The van der Waals surface area contributed by atoms with Gasteiger partial charge in [-0.2, -0.15) is 0 Å². The summed E-state index contributed by atoms with van der Waals surface area (Å²) in [5.41, 5.74) is 0. The van der Waals surface area contributed by atoms with Crippen molar-refractivity contribution in [3.8, 4) is 0 Å². The van der Waals surface area contributed by atoms with Crippen molar-refractivity contribution < 1.29 is 13.2 Å². The first-order valence-electron chi connectivity index (χ1n) is 6.26. The minimum absolute atomic E-state index is 0.117. The van der Waals surface area contributed by atoms with Gasteiger partial charge in [0.2, 0.25) is 0 Å². The maximum Gasteiger partial charge on any atom is 0.165 e. The zero-order chi connectivity index (χ0) is 13.7. The normalized spacial score (nSPS) is 21.8. The minimum atomic E-state index is -2.85. The van der Waals surface area contributed by atoms with Crippen LogP contribution in [0.25, 0.3) is 0 Å². The topological polar surface area (TPSA) is 99.0 Å². The van der Waals surface area contributed by atoms with Crippen molar-refractivity contribution in [1.82, 2.24) is 25.5 Å². The molecule has 0 bridgehead atoms. The number of aromatic nitrogens is 4. The number of rotatable bonds is 7. The number of hydrogen-bond acceptors (Lipinski definition) is 7. The lowest BCUT2D eigenvalue weighted by Gasteiger charge is -2.09. The average Bonchev–Trinajstić information content (AvgIpc) is 2.92. The van der Waals surface area contributed by atoms with Crippen LogP contribution in [0.1, 0.15) is 12.2 Å². The molecule has 2 rings (SSSR count). The van der Waals surface area contributed by atoms with Crippen LogP contribution in [0, 0.1) is 5.92 Å². The van der Waals surface area contributed by atoms with Crippen LogP contribution >= 0.6 is 0 Å². The number of nitrogens with zero attached hydrogens (tertiary/aromatic N) is 4. The van der Waals surface area contributed by atoms with Crippen molar-refractivity contribution >= 4 is 9.84 Å². The molecular weight excluding hydrogens is 270 g/mol. The Hall–Kier alpha value is -1.06. The largest absolute Gasteiger partial charge is 0.383 e. The van der Waals surface area contributed by atoms with Crippen LogP contribution in [0.15, 0.2) is 0 Å². The van der Waals surface area contributed by atoms with Gasteiger partial charge in [0.15, 0.2) is 15.7 Å². The van der Waals surface area contributed by atoms with E-state index in [0.29, 0.717) is 26.1 Å². The number of methoxy groups -OCH3 is 1. The Morgan fingerprint density at radius 2 is 2.37 bits per heavy atom. The Kier molecular flexibility index (Phi) is 4.83. The summed E-state index contributed by atoms with van der Waals surface area (Å²) < 4.78 is 29.4. The Labute approximate surface area is 112 Å². The van der Waals surface area contributed by atoms with Gasteiger partial charge in [-0.1, -0.05) is 0 Å². The van der Waals surface area contributed by atoms with Crippen LogP contribution in [-0.4, -0.2) is 60.4 Å². The Bertz CT molecular complexity index is 501. The highest BCUT2D eigenvalue weighted by molar-refractivity contribution is 7.91. The highest BCUT2D eigenvalue weighted by Crippen LogP contribution is 2.19. The Morgan fingerprint density at radius 3 is 3.05 bits per heavy atom. The van der Waals surface area contributed by atoms with Gasteiger partial charge in [0.1, 0.15) is 0 Å². The van der Waals surface area contributed by atoms with Gasteiger partial charge < -0.3 is 10.1 Å². The summed E-state index contributed by atoms with van der Waals surface area (Å²) in [4.78, 5) is 0. The quantitative estimate of drug-likeness (QED) is 0.632. The number of ether oxygens (including phenoxy) is 1. The van der Waals surface area contributed by atoms with Crippen molar-refractivity contribution in [2.24, 2.45) is 5.92 Å². The average molecular weight is 289 g/mol. The van der Waals surface area contributed by atoms with Crippen LogP contribution in [-0.2, 0) is 27.7 Å². The summed E-state index contributed by atoms with van der Waals surface area (Å²) in [6.07, 6.45) is 0.693. The predicted molar refractivity (Wildman–Crippen MR) is 68.2 cm³/mol. The summed E-state index contributed by atoms with van der Waals surface area (Å²) in [6.45, 7) is 2.47. The maximum absolute atomic E-state index is 11.4. The smallest absolute Gasteiger partial charge is 0.165 e. The predicted octanol–water partition coefficient (Wildman–Crippen LogP) is -1.16. The Balaban J connectivity index is 1.86. The lowest BCUT2D eigenvalue weighted by atomic mass is 10.1. The van der Waals surface area contributed by atoms with Crippen molar-refractivity contribution in [3.63, 3.8) is 0 Å². The SMILES string of the molecule is COCCNCc1nnnn1CC1CCS(=O)(=O)C1. The summed E-state index contributed by atoms with van der Waals surface area (Å²) >= 11 is 0. The van der Waals surface area contributed by atoms with E-state index in [0.717, 1.165) is 12.4 Å². The molecule has 1 saturated heterocycles. The van der Waals surface area contributed by atoms with E-state index in [1.807, 2.05) is 0 Å². The van der Waals surface area contributed by atoms with E-state index in [2.05, 4.69) is 20.8 Å². The summed E-state index contributed by atoms with van der Waals surface area (Å²) in [6, 6.07) is 0. The molecule has 0 aliphatic carbocycles. The van der Waals surface area contributed by atoms with Crippen LogP contribution < -0.4 is 5.32 Å². The molecule has 0 saturated carbocycles. The molecule has 0 spiro atoms. The third-order valence-corrected chi connectivity index (χ3v) is 4.97. The van der Waals surface area contributed by atoms with Gasteiger partial charge >= 0.3 is 0 Å². The van der Waals surface area contributed by atoms with Crippen LogP contribution in [0.3, 0.4) is 0 Å². The van der Waals surface area contributed by atoms with Gasteiger partial charge in [-0.3, -0.25) is 0 Å². The fourth-order valence-electron chi connectivity index (χ4n) is 2.13. The number of nitrogens with one attached hydrogen (secondary N) is 1. The molecule has 0 aromatic carbocycles. The van der Waals surface area contributed by atoms with Crippen molar-refractivity contribution in [3.05, 3.63) is 5.82 Å². The van der Waals surface area contributed by atoms with Crippen molar-refractivity contribution in [2.75, 3.05) is 31.8 Å². The third-order valence-electron chi connectivity index (χ3n) is 3.13. The lowest BCUT2D eigenvalue weighted by Crippen LogP contribution is -2.23. The molecule has 1 aliphatic heterocycles. The molecule has 1 aromatic rings. The molecular formula is C10H19N5O3S. The van der Waals surface area contributed by atoms with Gasteiger partial charge in [-0.05, 0) is 22.8 Å². The number of hydrogen-bond donors (Lipinski definition) is 1. The van der Waals surface area contributed by atoms with Gasteiger partial charge in [0.25, 0.3) is 0 Å². The molecule has 19 heavy (non-hydrogen) atoms. The van der Waals surface area contributed by atoms with Crippen LogP contribution in [0.4, 0.5) is 0 Å². The number of tetrazole rings is 1. The van der Waals surface area contributed by atoms with Gasteiger partial charge in [0, 0.05) is 20.2 Å². The third kappa shape index (κ3) is 4.22. The number of sulfone groups is 1. The lowest BCUT2D eigenvalue weighted by molar-refractivity contribution is 0.198. The molecule has 1 atom stereocenters. The van der Waals surface area contributed by atoms with E-state index >= 15 is 0 Å². The molecule has 1 N–H and O–H groups in total. The molecule has 1 aliphatic rings. The second-order valence-corrected chi connectivity index (χ2v) is 6.94. The molecule has 1 aromatic heterocycles. The first kappa shape index (κ1) is 14.4.